The normalized spacial score (nSPS) is 46.4. The molecule has 0 atom stereocenters. The Bertz CT molecular complexity index is 715. The van der Waals surface area contributed by atoms with Crippen LogP contribution < -0.4 is 0 Å². The lowest BCUT2D eigenvalue weighted by atomic mass is 9.44. The summed E-state index contributed by atoms with van der Waals surface area (Å²) < 4.78 is 0. The van der Waals surface area contributed by atoms with Gasteiger partial charge in [-0.2, -0.15) is 0 Å². The maximum atomic E-state index is 11.2. The minimum Gasteiger partial charge on any atom is -0.478 e. The van der Waals surface area contributed by atoms with Gasteiger partial charge < -0.3 is 10.2 Å². The van der Waals surface area contributed by atoms with Crippen LogP contribution in [0.2, 0.25) is 0 Å². The lowest BCUT2D eigenvalue weighted by Gasteiger charge is -2.60. The molecular formula is C28H42O4. The monoisotopic (exact) mass is 442 g/mol. The number of carboxylic acid groups (broad SMARTS) is 2. The summed E-state index contributed by atoms with van der Waals surface area (Å²) in [4.78, 5) is 20.5. The van der Waals surface area contributed by atoms with Crippen LogP contribution in [0.3, 0.4) is 0 Å². The van der Waals surface area contributed by atoms with Crippen molar-refractivity contribution in [3.8, 4) is 0 Å². The molecule has 0 aromatic heterocycles. The highest BCUT2D eigenvalue weighted by Crippen LogP contribution is 2.64. The van der Waals surface area contributed by atoms with Gasteiger partial charge in [0.25, 0.3) is 0 Å². The molecule has 4 nitrogen and oxygen atoms in total. The maximum absolute atomic E-state index is 11.2. The molecule has 0 amide bonds. The van der Waals surface area contributed by atoms with Gasteiger partial charge in [-0.05, 0) is 117 Å². The molecule has 0 unspecified atom stereocenters. The van der Waals surface area contributed by atoms with Gasteiger partial charge in [-0.15, -0.1) is 0 Å². The number of hydrogen-bond acceptors (Lipinski definition) is 2. The predicted octanol–water partition coefficient (Wildman–Crippen LogP) is 6.57. The molecule has 0 aromatic rings. The molecule has 2 N–H and O–H groups in total. The molecule has 8 fully saturated rings. The van der Waals surface area contributed by atoms with Crippen LogP contribution in [0, 0.1) is 52.3 Å². The van der Waals surface area contributed by atoms with Gasteiger partial charge in [-0.1, -0.05) is 27.0 Å². The van der Waals surface area contributed by atoms with Crippen molar-refractivity contribution < 1.29 is 19.8 Å². The molecule has 0 radical (unpaired) electrons. The van der Waals surface area contributed by atoms with Gasteiger partial charge in [0.1, 0.15) is 0 Å². The van der Waals surface area contributed by atoms with E-state index in [1.54, 1.807) is 38.5 Å². The van der Waals surface area contributed by atoms with Crippen LogP contribution in [-0.2, 0) is 9.59 Å². The van der Waals surface area contributed by atoms with Crippen LogP contribution >= 0.6 is 0 Å². The molecule has 4 heteroatoms. The summed E-state index contributed by atoms with van der Waals surface area (Å²) in [6.45, 7) is 11.5. The second-order valence-electron chi connectivity index (χ2n) is 12.6. The van der Waals surface area contributed by atoms with Crippen LogP contribution in [0.4, 0.5) is 0 Å². The molecule has 8 rings (SSSR count). The first-order valence-electron chi connectivity index (χ1n) is 12.8. The molecular weight excluding hydrogens is 400 g/mol. The largest absolute Gasteiger partial charge is 0.478 e. The Hall–Kier alpha value is -1.58. The fourth-order valence-corrected chi connectivity index (χ4v) is 9.43. The quantitative estimate of drug-likeness (QED) is 0.485. The van der Waals surface area contributed by atoms with E-state index in [-0.39, 0.29) is 5.41 Å². The molecule has 0 aliphatic heterocycles. The smallest absolute Gasteiger partial charge is 0.331 e. The Morgan fingerprint density at radius 1 is 0.750 bits per heavy atom. The predicted molar refractivity (Wildman–Crippen MR) is 126 cm³/mol. The van der Waals surface area contributed by atoms with E-state index >= 15 is 0 Å². The minimum atomic E-state index is -0.981. The van der Waals surface area contributed by atoms with E-state index in [2.05, 4.69) is 27.0 Å². The van der Waals surface area contributed by atoms with Crippen molar-refractivity contribution in [1.29, 1.82) is 0 Å². The zero-order chi connectivity index (χ0) is 23.3. The Kier molecular flexibility index (Phi) is 6.37. The van der Waals surface area contributed by atoms with E-state index in [4.69, 9.17) is 5.11 Å². The summed E-state index contributed by atoms with van der Waals surface area (Å²) in [6.07, 6.45) is 16.7. The van der Waals surface area contributed by atoms with Crippen molar-refractivity contribution in [3.63, 3.8) is 0 Å². The zero-order valence-electron chi connectivity index (χ0n) is 20.0. The highest BCUT2D eigenvalue weighted by atomic mass is 16.4. The summed E-state index contributed by atoms with van der Waals surface area (Å²) in [6, 6.07) is 0. The Morgan fingerprint density at radius 2 is 1.09 bits per heavy atom. The fourth-order valence-electron chi connectivity index (χ4n) is 9.43. The average molecular weight is 443 g/mol. The lowest BCUT2D eigenvalue weighted by molar-refractivity contribution is -0.139. The van der Waals surface area contributed by atoms with E-state index in [1.807, 2.05) is 0 Å². The van der Waals surface area contributed by atoms with Gasteiger partial charge >= 0.3 is 11.9 Å². The Balaban J connectivity index is 0.000000132. The Labute approximate surface area is 193 Å². The van der Waals surface area contributed by atoms with Crippen LogP contribution in [0.1, 0.15) is 84.5 Å². The standard InChI is InChI=1S/C14H20O2.C11H18.C3H4O2/c1-8(13(15)16)14(2)11-4-9-3-10(6-11)7-12(14)5-9;1-11-5-8-2-9(6-11)4-10(3-8)7-11;1-2-3(4)5/h9-12H,1,3-7H2,2H3,(H,15,16);8-10H,2-7H2,1H3;2H,1H2,(H,4,5). The summed E-state index contributed by atoms with van der Waals surface area (Å²) in [5, 5.41) is 16.8. The molecule has 8 aliphatic rings. The fraction of sp³-hybridized carbons (Fsp3) is 0.786. The molecule has 8 aliphatic carbocycles. The van der Waals surface area contributed by atoms with Gasteiger partial charge in [0, 0.05) is 17.1 Å². The van der Waals surface area contributed by atoms with E-state index in [0.717, 1.165) is 41.1 Å². The van der Waals surface area contributed by atoms with Gasteiger partial charge in [0.15, 0.2) is 0 Å². The first-order valence-corrected chi connectivity index (χ1v) is 12.8. The van der Waals surface area contributed by atoms with Crippen LogP contribution in [-0.4, -0.2) is 22.2 Å². The number of rotatable bonds is 3. The van der Waals surface area contributed by atoms with Gasteiger partial charge in [-0.3, -0.25) is 0 Å². The summed E-state index contributed by atoms with van der Waals surface area (Å²) in [5.41, 5.74) is 1.16. The van der Waals surface area contributed by atoms with E-state index in [0.29, 0.717) is 17.4 Å². The summed E-state index contributed by atoms with van der Waals surface area (Å²) in [7, 11) is 0. The molecule has 0 aromatic carbocycles. The number of carboxylic acids is 2. The molecule has 32 heavy (non-hydrogen) atoms. The van der Waals surface area contributed by atoms with Gasteiger partial charge in [0.2, 0.25) is 0 Å². The van der Waals surface area contributed by atoms with E-state index in [1.165, 1.54) is 32.1 Å². The molecule has 8 bridgehead atoms. The van der Waals surface area contributed by atoms with E-state index in [9.17, 15) is 14.7 Å². The van der Waals surface area contributed by atoms with Gasteiger partial charge in [-0.25, -0.2) is 9.59 Å². The third kappa shape index (κ3) is 4.43. The third-order valence-corrected chi connectivity index (χ3v) is 10.3. The van der Waals surface area contributed by atoms with Crippen LogP contribution in [0.15, 0.2) is 24.8 Å². The second kappa shape index (κ2) is 8.65. The molecule has 0 spiro atoms. The maximum Gasteiger partial charge on any atom is 0.331 e. The van der Waals surface area contributed by atoms with Crippen molar-refractivity contribution >= 4 is 11.9 Å². The topological polar surface area (TPSA) is 74.6 Å². The highest BCUT2D eigenvalue weighted by molar-refractivity contribution is 5.87. The average Bonchev–Trinajstić information content (AvgIpc) is 2.69. The first-order chi connectivity index (χ1) is 15.0. The Morgan fingerprint density at radius 3 is 1.38 bits per heavy atom. The van der Waals surface area contributed by atoms with Crippen molar-refractivity contribution in [2.75, 3.05) is 0 Å². The highest BCUT2D eigenvalue weighted by Gasteiger charge is 2.56. The summed E-state index contributed by atoms with van der Waals surface area (Å²) in [5.74, 6) is 4.62. The zero-order valence-corrected chi connectivity index (χ0v) is 20.0. The van der Waals surface area contributed by atoms with Crippen LogP contribution in [0.25, 0.3) is 0 Å². The van der Waals surface area contributed by atoms with Crippen molar-refractivity contribution in [1.82, 2.24) is 0 Å². The van der Waals surface area contributed by atoms with Crippen molar-refractivity contribution in [3.05, 3.63) is 24.8 Å². The minimum absolute atomic E-state index is 0.112. The van der Waals surface area contributed by atoms with Gasteiger partial charge in [0.05, 0.1) is 0 Å². The molecule has 0 heterocycles. The molecule has 0 saturated heterocycles. The lowest BCUT2D eigenvalue weighted by Crippen LogP contribution is -2.53. The first kappa shape index (κ1) is 23.6. The van der Waals surface area contributed by atoms with Crippen LogP contribution in [0.5, 0.6) is 0 Å². The SMILES string of the molecule is C=C(C(=O)O)C1(C)C2CC3CC(C2)CC1C3.C=CC(=O)O.CC12CC3CC(CC(C3)C1)C2. The second-order valence-corrected chi connectivity index (χ2v) is 12.6. The number of aliphatic carboxylic acids is 2. The number of carbonyl (C=O) groups is 2. The van der Waals surface area contributed by atoms with E-state index < -0.39 is 11.9 Å². The third-order valence-electron chi connectivity index (χ3n) is 10.3. The molecule has 178 valence electrons. The number of hydrogen-bond donors (Lipinski definition) is 2. The molecule has 8 saturated carbocycles. The van der Waals surface area contributed by atoms with Crippen molar-refractivity contribution in [2.45, 2.75) is 84.5 Å². The van der Waals surface area contributed by atoms with Crippen molar-refractivity contribution in [2.24, 2.45) is 52.3 Å². The summed E-state index contributed by atoms with van der Waals surface area (Å²) >= 11 is 0.